The molecule has 0 aliphatic rings. The maximum atomic E-state index is 12.3. The molecule has 0 aromatic heterocycles. The van der Waals surface area contributed by atoms with Crippen molar-refractivity contribution in [1.82, 2.24) is 0 Å². The van der Waals surface area contributed by atoms with Gasteiger partial charge >= 0.3 is 6.18 Å². The fraction of sp³-hybridized carbons (Fsp3) is 0.333. The summed E-state index contributed by atoms with van der Waals surface area (Å²) < 4.78 is 36.8. The van der Waals surface area contributed by atoms with Crippen LogP contribution in [-0.2, 0) is 6.42 Å². The minimum Gasteiger partial charge on any atom is -0.320 e. The molecule has 1 aromatic carbocycles. The highest BCUT2D eigenvalue weighted by Crippen LogP contribution is 2.30. The van der Waals surface area contributed by atoms with Crippen LogP contribution >= 0.6 is 11.6 Å². The standard InChI is InChI=1S/C9H8ClF3N2O2/c10-6-2-1-3-7(15(16)17)5(6)4-8(14)9(11,12)13/h1-3,8H,4,14H2. The first-order valence-electron chi connectivity index (χ1n) is 4.47. The molecule has 0 amide bonds. The fourth-order valence-corrected chi connectivity index (χ4v) is 1.50. The molecule has 1 unspecified atom stereocenters. The van der Waals surface area contributed by atoms with Crippen molar-refractivity contribution in [3.8, 4) is 0 Å². The van der Waals surface area contributed by atoms with E-state index in [1.165, 1.54) is 12.1 Å². The van der Waals surface area contributed by atoms with E-state index in [2.05, 4.69) is 0 Å². The second kappa shape index (κ2) is 4.89. The van der Waals surface area contributed by atoms with Crippen molar-refractivity contribution in [3.63, 3.8) is 0 Å². The van der Waals surface area contributed by atoms with E-state index in [1.54, 1.807) is 0 Å². The van der Waals surface area contributed by atoms with Crippen LogP contribution in [0.5, 0.6) is 0 Å². The second-order valence-electron chi connectivity index (χ2n) is 3.35. The van der Waals surface area contributed by atoms with Crippen LogP contribution in [0.2, 0.25) is 5.02 Å². The summed E-state index contributed by atoms with van der Waals surface area (Å²) in [4.78, 5) is 9.84. The van der Waals surface area contributed by atoms with E-state index >= 15 is 0 Å². The van der Waals surface area contributed by atoms with Crippen LogP contribution in [0.25, 0.3) is 0 Å². The molecule has 0 heterocycles. The normalized spacial score (nSPS) is 13.5. The van der Waals surface area contributed by atoms with Crippen LogP contribution < -0.4 is 5.73 Å². The summed E-state index contributed by atoms with van der Waals surface area (Å²) in [6.07, 6.45) is -5.34. The summed E-state index contributed by atoms with van der Waals surface area (Å²) in [5.41, 5.74) is 4.25. The highest BCUT2D eigenvalue weighted by molar-refractivity contribution is 6.31. The molecule has 0 saturated carbocycles. The molecule has 0 fully saturated rings. The lowest BCUT2D eigenvalue weighted by atomic mass is 10.0. The van der Waals surface area contributed by atoms with Gasteiger partial charge in [-0.15, -0.1) is 0 Å². The van der Waals surface area contributed by atoms with Crippen molar-refractivity contribution in [1.29, 1.82) is 0 Å². The molecular weight excluding hydrogens is 261 g/mol. The Bertz CT molecular complexity index is 437. The predicted molar refractivity (Wildman–Crippen MR) is 55.8 cm³/mol. The Kier molecular flexibility index (Phi) is 3.94. The van der Waals surface area contributed by atoms with Crippen LogP contribution in [0.4, 0.5) is 18.9 Å². The average molecular weight is 269 g/mol. The maximum absolute atomic E-state index is 12.3. The molecule has 0 aliphatic heterocycles. The summed E-state index contributed by atoms with van der Waals surface area (Å²) in [5, 5.41) is 10.5. The Labute approximate surface area is 99.3 Å². The smallest absolute Gasteiger partial charge is 0.320 e. The van der Waals surface area contributed by atoms with Crippen LogP contribution in [0.3, 0.4) is 0 Å². The third-order valence-corrected chi connectivity index (χ3v) is 2.49. The fourth-order valence-electron chi connectivity index (χ4n) is 1.26. The Morgan fingerprint density at radius 3 is 2.53 bits per heavy atom. The van der Waals surface area contributed by atoms with Crippen LogP contribution in [-0.4, -0.2) is 17.1 Å². The molecular formula is C9H8ClF3N2O2. The summed E-state index contributed by atoms with van der Waals surface area (Å²) >= 11 is 5.64. The van der Waals surface area contributed by atoms with E-state index in [0.717, 1.165) is 6.07 Å². The lowest BCUT2D eigenvalue weighted by Gasteiger charge is -2.16. The van der Waals surface area contributed by atoms with Gasteiger partial charge in [0.05, 0.1) is 15.5 Å². The monoisotopic (exact) mass is 268 g/mol. The van der Waals surface area contributed by atoms with Gasteiger partial charge in [0.15, 0.2) is 0 Å². The summed E-state index contributed by atoms with van der Waals surface area (Å²) in [5.74, 6) is 0. The van der Waals surface area contributed by atoms with Crippen molar-refractivity contribution in [2.75, 3.05) is 0 Å². The van der Waals surface area contributed by atoms with Gasteiger partial charge in [0.25, 0.3) is 5.69 Å². The molecule has 0 spiro atoms. The van der Waals surface area contributed by atoms with Crippen LogP contribution in [0, 0.1) is 10.1 Å². The topological polar surface area (TPSA) is 69.2 Å². The summed E-state index contributed by atoms with van der Waals surface area (Å²) in [6.45, 7) is 0. The number of alkyl halides is 3. The van der Waals surface area contributed by atoms with Gasteiger partial charge < -0.3 is 5.73 Å². The molecule has 17 heavy (non-hydrogen) atoms. The number of halogens is 4. The number of hydrogen-bond acceptors (Lipinski definition) is 3. The molecule has 2 N–H and O–H groups in total. The third kappa shape index (κ3) is 3.31. The predicted octanol–water partition coefficient (Wildman–Crippen LogP) is 2.68. The van der Waals surface area contributed by atoms with Crippen molar-refractivity contribution < 1.29 is 18.1 Å². The van der Waals surface area contributed by atoms with E-state index < -0.39 is 29.2 Å². The largest absolute Gasteiger partial charge is 0.403 e. The Balaban J connectivity index is 3.09. The molecule has 4 nitrogen and oxygen atoms in total. The van der Waals surface area contributed by atoms with Gasteiger partial charge in [0.1, 0.15) is 6.04 Å². The maximum Gasteiger partial charge on any atom is 0.403 e. The van der Waals surface area contributed by atoms with Gasteiger partial charge in [0, 0.05) is 12.5 Å². The number of nitro groups is 1. The second-order valence-corrected chi connectivity index (χ2v) is 3.75. The molecule has 0 saturated heterocycles. The molecule has 1 atom stereocenters. The van der Waals surface area contributed by atoms with Crippen LogP contribution in [0.1, 0.15) is 5.56 Å². The SMILES string of the molecule is NC(Cc1c(Cl)cccc1[N+](=O)[O-])C(F)(F)F. The number of benzene rings is 1. The van der Waals surface area contributed by atoms with E-state index in [4.69, 9.17) is 17.3 Å². The summed E-state index contributed by atoms with van der Waals surface area (Å²) in [7, 11) is 0. The van der Waals surface area contributed by atoms with Crippen LogP contribution in [0.15, 0.2) is 18.2 Å². The molecule has 1 rings (SSSR count). The van der Waals surface area contributed by atoms with Gasteiger partial charge in [-0.25, -0.2) is 0 Å². The van der Waals surface area contributed by atoms with E-state index in [9.17, 15) is 23.3 Å². The van der Waals surface area contributed by atoms with E-state index in [1.807, 2.05) is 0 Å². The average Bonchev–Trinajstić information content (AvgIpc) is 2.18. The molecule has 8 heteroatoms. The lowest BCUT2D eigenvalue weighted by Crippen LogP contribution is -2.39. The number of rotatable bonds is 3. The van der Waals surface area contributed by atoms with Crippen molar-refractivity contribution in [2.45, 2.75) is 18.6 Å². The number of nitrogens with two attached hydrogens (primary N) is 1. The van der Waals surface area contributed by atoms with Gasteiger partial charge in [-0.1, -0.05) is 17.7 Å². The minimum atomic E-state index is -4.62. The Morgan fingerprint density at radius 2 is 2.06 bits per heavy atom. The zero-order chi connectivity index (χ0) is 13.2. The Morgan fingerprint density at radius 1 is 1.47 bits per heavy atom. The van der Waals surface area contributed by atoms with E-state index in [-0.39, 0.29) is 10.6 Å². The lowest BCUT2D eigenvalue weighted by molar-refractivity contribution is -0.385. The quantitative estimate of drug-likeness (QED) is 0.677. The Hall–Kier alpha value is -1.34. The van der Waals surface area contributed by atoms with Crippen molar-refractivity contribution in [3.05, 3.63) is 38.9 Å². The van der Waals surface area contributed by atoms with Gasteiger partial charge in [-0.2, -0.15) is 13.2 Å². The van der Waals surface area contributed by atoms with Gasteiger partial charge in [-0.3, -0.25) is 10.1 Å². The zero-order valence-electron chi connectivity index (χ0n) is 8.37. The first-order valence-corrected chi connectivity index (χ1v) is 4.85. The highest BCUT2D eigenvalue weighted by Gasteiger charge is 2.38. The van der Waals surface area contributed by atoms with Crippen molar-refractivity contribution in [2.24, 2.45) is 5.73 Å². The van der Waals surface area contributed by atoms with Gasteiger partial charge in [0.2, 0.25) is 0 Å². The number of nitro benzene ring substituents is 1. The summed E-state index contributed by atoms with van der Waals surface area (Å²) in [6, 6.07) is 1.49. The minimum absolute atomic E-state index is 0.0982. The first kappa shape index (κ1) is 13.7. The third-order valence-electron chi connectivity index (χ3n) is 2.14. The van der Waals surface area contributed by atoms with E-state index in [0.29, 0.717) is 0 Å². The first-order chi connectivity index (χ1) is 7.73. The molecule has 0 radical (unpaired) electrons. The molecule has 0 aliphatic carbocycles. The zero-order valence-corrected chi connectivity index (χ0v) is 9.13. The number of nitrogens with zero attached hydrogens (tertiary/aromatic N) is 1. The molecule has 0 bridgehead atoms. The van der Waals surface area contributed by atoms with Gasteiger partial charge in [-0.05, 0) is 6.07 Å². The number of hydrogen-bond donors (Lipinski definition) is 1. The van der Waals surface area contributed by atoms with Crippen molar-refractivity contribution >= 4 is 17.3 Å². The molecule has 94 valence electrons. The molecule has 1 aromatic rings. The highest BCUT2D eigenvalue weighted by atomic mass is 35.5.